The monoisotopic (exact) mass is 341 g/mol. The summed E-state index contributed by atoms with van der Waals surface area (Å²) in [6.45, 7) is 5.84. The molecule has 3 N–H and O–H groups in total. The highest BCUT2D eigenvalue weighted by atomic mass is 16.5. The third-order valence-corrected chi connectivity index (χ3v) is 3.98. The van der Waals surface area contributed by atoms with Crippen molar-refractivity contribution >= 4 is 5.96 Å². The van der Waals surface area contributed by atoms with Crippen molar-refractivity contribution in [3.05, 3.63) is 65.2 Å². The highest BCUT2D eigenvalue weighted by molar-refractivity contribution is 5.79. The van der Waals surface area contributed by atoms with Crippen molar-refractivity contribution in [1.29, 1.82) is 0 Å². The first kappa shape index (κ1) is 18.8. The minimum Gasteiger partial charge on any atom is -0.497 e. The van der Waals surface area contributed by atoms with Crippen LogP contribution in [0.2, 0.25) is 0 Å². The van der Waals surface area contributed by atoms with Gasteiger partial charge in [0.05, 0.1) is 19.8 Å². The molecule has 0 fully saturated rings. The second-order valence-electron chi connectivity index (χ2n) is 5.79. The summed E-state index contributed by atoms with van der Waals surface area (Å²) in [5.74, 6) is 1.47. The normalized spacial score (nSPS) is 12.6. The number of aliphatic hydroxyl groups is 1. The molecule has 134 valence electrons. The predicted octanol–water partition coefficient (Wildman–Crippen LogP) is 2.79. The Balaban J connectivity index is 1.95. The molecule has 1 atom stereocenters. The molecule has 5 heteroatoms. The number of aliphatic hydroxyl groups excluding tert-OH is 1. The Hall–Kier alpha value is -2.53. The number of rotatable bonds is 7. The summed E-state index contributed by atoms with van der Waals surface area (Å²) in [5, 5.41) is 16.7. The van der Waals surface area contributed by atoms with E-state index in [1.165, 1.54) is 11.1 Å². The van der Waals surface area contributed by atoms with E-state index in [1.54, 1.807) is 7.11 Å². The Morgan fingerprint density at radius 3 is 2.48 bits per heavy atom. The van der Waals surface area contributed by atoms with Crippen LogP contribution in [0.1, 0.15) is 29.7 Å². The Bertz CT molecular complexity index is 684. The van der Waals surface area contributed by atoms with Crippen LogP contribution in [0.25, 0.3) is 0 Å². The van der Waals surface area contributed by atoms with Crippen LogP contribution in [-0.4, -0.2) is 31.3 Å². The number of guanidine groups is 1. The van der Waals surface area contributed by atoms with Crippen LogP contribution in [-0.2, 0) is 6.54 Å². The summed E-state index contributed by atoms with van der Waals surface area (Å²) < 4.78 is 5.14. The smallest absolute Gasteiger partial charge is 0.191 e. The molecule has 5 nitrogen and oxygen atoms in total. The molecule has 0 saturated heterocycles. The number of benzene rings is 2. The standard InChI is InChI=1S/C20H27N3O2/c1-4-21-20(22-13-17-8-6-5-7-15(17)2)23-14-19(24)16-9-11-18(25-3)12-10-16/h5-12,19,24H,4,13-14H2,1-3H3,(H2,21,22,23). The van der Waals surface area contributed by atoms with E-state index < -0.39 is 6.10 Å². The molecule has 0 aliphatic carbocycles. The Morgan fingerprint density at radius 1 is 1.12 bits per heavy atom. The van der Waals surface area contributed by atoms with Gasteiger partial charge in [-0.05, 0) is 42.7 Å². The summed E-state index contributed by atoms with van der Waals surface area (Å²) in [6, 6.07) is 15.6. The molecule has 2 rings (SSSR count). The molecule has 0 saturated carbocycles. The number of nitrogens with zero attached hydrogens (tertiary/aromatic N) is 1. The van der Waals surface area contributed by atoms with Crippen LogP contribution in [0.4, 0.5) is 0 Å². The quantitative estimate of drug-likeness (QED) is 0.535. The topological polar surface area (TPSA) is 65.9 Å². The zero-order valence-electron chi connectivity index (χ0n) is 15.1. The third-order valence-electron chi connectivity index (χ3n) is 3.98. The van der Waals surface area contributed by atoms with Gasteiger partial charge in [-0.1, -0.05) is 36.4 Å². The number of hydrogen-bond acceptors (Lipinski definition) is 3. The number of ether oxygens (including phenoxy) is 1. The van der Waals surface area contributed by atoms with E-state index in [0.717, 1.165) is 17.9 Å². The molecule has 2 aromatic carbocycles. The van der Waals surface area contributed by atoms with Crippen LogP contribution in [0, 0.1) is 6.92 Å². The van der Waals surface area contributed by atoms with Crippen molar-refractivity contribution in [1.82, 2.24) is 10.6 Å². The molecule has 0 spiro atoms. The van der Waals surface area contributed by atoms with Crippen molar-refractivity contribution in [2.24, 2.45) is 4.99 Å². The van der Waals surface area contributed by atoms with Gasteiger partial charge in [0, 0.05) is 13.1 Å². The van der Waals surface area contributed by atoms with Gasteiger partial charge in [0.25, 0.3) is 0 Å². The number of methoxy groups -OCH3 is 1. The lowest BCUT2D eigenvalue weighted by Crippen LogP contribution is -2.39. The van der Waals surface area contributed by atoms with Crippen LogP contribution < -0.4 is 15.4 Å². The summed E-state index contributed by atoms with van der Waals surface area (Å²) in [6.07, 6.45) is -0.617. The van der Waals surface area contributed by atoms with Gasteiger partial charge in [-0.2, -0.15) is 0 Å². The van der Waals surface area contributed by atoms with Gasteiger partial charge in [-0.15, -0.1) is 0 Å². The van der Waals surface area contributed by atoms with Crippen molar-refractivity contribution < 1.29 is 9.84 Å². The number of nitrogens with one attached hydrogen (secondary N) is 2. The average molecular weight is 341 g/mol. The van der Waals surface area contributed by atoms with E-state index in [4.69, 9.17) is 4.74 Å². The van der Waals surface area contributed by atoms with Gasteiger partial charge >= 0.3 is 0 Å². The number of hydrogen-bond donors (Lipinski definition) is 3. The first-order chi connectivity index (χ1) is 12.1. The molecule has 0 bridgehead atoms. The van der Waals surface area contributed by atoms with Crippen LogP contribution in [0.3, 0.4) is 0 Å². The molecule has 2 aromatic rings. The molecule has 0 heterocycles. The SMILES string of the molecule is CCNC(=NCc1ccccc1C)NCC(O)c1ccc(OC)cc1. The van der Waals surface area contributed by atoms with Gasteiger partial charge in [0.15, 0.2) is 5.96 Å². The Kier molecular flexibility index (Phi) is 7.29. The van der Waals surface area contributed by atoms with Gasteiger partial charge < -0.3 is 20.5 Å². The maximum atomic E-state index is 10.3. The Labute approximate surface area is 149 Å². The third kappa shape index (κ3) is 5.80. The van der Waals surface area contributed by atoms with E-state index in [0.29, 0.717) is 19.0 Å². The van der Waals surface area contributed by atoms with E-state index >= 15 is 0 Å². The van der Waals surface area contributed by atoms with E-state index in [1.807, 2.05) is 43.3 Å². The Morgan fingerprint density at radius 2 is 1.84 bits per heavy atom. The van der Waals surface area contributed by atoms with Gasteiger partial charge in [-0.25, -0.2) is 4.99 Å². The van der Waals surface area contributed by atoms with Crippen LogP contribution in [0.5, 0.6) is 5.75 Å². The first-order valence-corrected chi connectivity index (χ1v) is 8.52. The summed E-state index contributed by atoms with van der Waals surface area (Å²) in [4.78, 5) is 4.60. The maximum absolute atomic E-state index is 10.3. The fourth-order valence-electron chi connectivity index (χ4n) is 2.43. The second-order valence-corrected chi connectivity index (χ2v) is 5.79. The van der Waals surface area contributed by atoms with Gasteiger partial charge in [-0.3, -0.25) is 0 Å². The largest absolute Gasteiger partial charge is 0.497 e. The minimum atomic E-state index is -0.617. The van der Waals surface area contributed by atoms with Gasteiger partial charge in [0.1, 0.15) is 5.75 Å². The van der Waals surface area contributed by atoms with E-state index in [9.17, 15) is 5.11 Å². The van der Waals surface area contributed by atoms with Gasteiger partial charge in [0.2, 0.25) is 0 Å². The van der Waals surface area contributed by atoms with Crippen molar-refractivity contribution in [3.63, 3.8) is 0 Å². The number of aryl methyl sites for hydroxylation is 1. The summed E-state index contributed by atoms with van der Waals surface area (Å²) in [5.41, 5.74) is 3.25. The summed E-state index contributed by atoms with van der Waals surface area (Å²) >= 11 is 0. The molecular formula is C20H27N3O2. The lowest BCUT2D eigenvalue weighted by Gasteiger charge is -2.16. The zero-order valence-corrected chi connectivity index (χ0v) is 15.1. The number of aliphatic imine (C=N–C) groups is 1. The van der Waals surface area contributed by atoms with Crippen molar-refractivity contribution in [3.8, 4) is 5.75 Å². The molecule has 1 unspecified atom stereocenters. The molecule has 25 heavy (non-hydrogen) atoms. The van der Waals surface area contributed by atoms with Crippen LogP contribution >= 0.6 is 0 Å². The molecule has 0 aliphatic heterocycles. The second kappa shape index (κ2) is 9.69. The summed E-state index contributed by atoms with van der Waals surface area (Å²) in [7, 11) is 1.63. The fourth-order valence-corrected chi connectivity index (χ4v) is 2.43. The van der Waals surface area contributed by atoms with E-state index in [2.05, 4.69) is 34.7 Å². The molecule has 0 aromatic heterocycles. The molecule has 0 radical (unpaired) electrons. The first-order valence-electron chi connectivity index (χ1n) is 8.52. The fraction of sp³-hybridized carbons (Fsp3) is 0.350. The molecular weight excluding hydrogens is 314 g/mol. The van der Waals surface area contributed by atoms with Crippen molar-refractivity contribution in [2.75, 3.05) is 20.2 Å². The predicted molar refractivity (Wildman–Crippen MR) is 102 cm³/mol. The lowest BCUT2D eigenvalue weighted by atomic mass is 10.1. The highest BCUT2D eigenvalue weighted by Crippen LogP contribution is 2.17. The highest BCUT2D eigenvalue weighted by Gasteiger charge is 2.09. The maximum Gasteiger partial charge on any atom is 0.191 e. The minimum absolute atomic E-state index is 0.381. The average Bonchev–Trinajstić information content (AvgIpc) is 2.65. The zero-order chi connectivity index (χ0) is 18.1. The lowest BCUT2D eigenvalue weighted by molar-refractivity contribution is 0.180. The van der Waals surface area contributed by atoms with Crippen LogP contribution in [0.15, 0.2) is 53.5 Å². The molecule has 0 aliphatic rings. The van der Waals surface area contributed by atoms with E-state index in [-0.39, 0.29) is 0 Å². The van der Waals surface area contributed by atoms with Crippen molar-refractivity contribution in [2.45, 2.75) is 26.5 Å². The molecule has 0 amide bonds.